The topological polar surface area (TPSA) is 41.6 Å². The Labute approximate surface area is 119 Å². The van der Waals surface area contributed by atoms with Crippen molar-refractivity contribution in [2.45, 2.75) is 25.7 Å². The number of hydrogen-bond acceptors (Lipinski definition) is 3. The van der Waals surface area contributed by atoms with Crippen LogP contribution in [0, 0.1) is 11.3 Å². The van der Waals surface area contributed by atoms with E-state index in [4.69, 9.17) is 4.74 Å². The quantitative estimate of drug-likeness (QED) is 0.785. The van der Waals surface area contributed by atoms with Crippen molar-refractivity contribution >= 4 is 17.8 Å². The van der Waals surface area contributed by atoms with Gasteiger partial charge in [-0.2, -0.15) is 11.8 Å². The van der Waals surface area contributed by atoms with E-state index in [-0.39, 0.29) is 11.4 Å². The van der Waals surface area contributed by atoms with Gasteiger partial charge in [0.05, 0.1) is 6.61 Å². The lowest BCUT2D eigenvalue weighted by Gasteiger charge is -2.22. The first kappa shape index (κ1) is 13.6. The highest BCUT2D eigenvalue weighted by molar-refractivity contribution is 7.99. The van der Waals surface area contributed by atoms with Crippen molar-refractivity contribution in [3.05, 3.63) is 0 Å². The lowest BCUT2D eigenvalue weighted by molar-refractivity contribution is 0.152. The first-order chi connectivity index (χ1) is 9.27. The van der Waals surface area contributed by atoms with E-state index in [2.05, 4.69) is 5.32 Å². The number of amides is 2. The normalized spacial score (nSPS) is 30.2. The van der Waals surface area contributed by atoms with E-state index >= 15 is 0 Å². The fourth-order valence-electron chi connectivity index (χ4n) is 2.96. The molecule has 1 aliphatic carbocycles. The maximum Gasteiger partial charge on any atom is 0.317 e. The molecule has 0 bridgehead atoms. The van der Waals surface area contributed by atoms with Gasteiger partial charge in [0.1, 0.15) is 0 Å². The largest absolute Gasteiger partial charge is 0.381 e. The molecule has 0 unspecified atom stereocenters. The average Bonchev–Trinajstić information content (AvgIpc) is 2.98. The summed E-state index contributed by atoms with van der Waals surface area (Å²) < 4.78 is 5.49. The van der Waals surface area contributed by atoms with Crippen molar-refractivity contribution in [3.8, 4) is 0 Å². The smallest absolute Gasteiger partial charge is 0.317 e. The van der Waals surface area contributed by atoms with Crippen molar-refractivity contribution in [2.24, 2.45) is 11.3 Å². The monoisotopic (exact) mass is 284 g/mol. The molecule has 3 fully saturated rings. The minimum Gasteiger partial charge on any atom is -0.381 e. The fraction of sp³-hybridized carbons (Fsp3) is 0.929. The number of carbonyl (C=O) groups is 1. The Balaban J connectivity index is 1.31. The van der Waals surface area contributed by atoms with Crippen LogP contribution in [0.3, 0.4) is 0 Å². The molecule has 5 heteroatoms. The van der Waals surface area contributed by atoms with Crippen molar-refractivity contribution < 1.29 is 9.53 Å². The van der Waals surface area contributed by atoms with E-state index in [0.717, 1.165) is 57.4 Å². The maximum atomic E-state index is 12.1. The summed E-state index contributed by atoms with van der Waals surface area (Å²) in [5.74, 6) is 3.30. The summed E-state index contributed by atoms with van der Waals surface area (Å²) in [6, 6.07) is 0.121. The van der Waals surface area contributed by atoms with Crippen molar-refractivity contribution in [3.63, 3.8) is 0 Å². The molecule has 0 aromatic rings. The highest BCUT2D eigenvalue weighted by atomic mass is 32.2. The van der Waals surface area contributed by atoms with E-state index in [9.17, 15) is 4.79 Å². The zero-order chi connectivity index (χ0) is 13.1. The van der Waals surface area contributed by atoms with Gasteiger partial charge in [0, 0.05) is 37.4 Å². The summed E-state index contributed by atoms with van der Waals surface area (Å²) >= 11 is 1.97. The molecule has 0 radical (unpaired) electrons. The van der Waals surface area contributed by atoms with Crippen LogP contribution >= 0.6 is 11.8 Å². The highest BCUT2D eigenvalue weighted by Gasteiger charge is 2.42. The zero-order valence-electron chi connectivity index (χ0n) is 11.5. The van der Waals surface area contributed by atoms with Crippen LogP contribution in [0.5, 0.6) is 0 Å². The van der Waals surface area contributed by atoms with Gasteiger partial charge in [0.15, 0.2) is 0 Å². The van der Waals surface area contributed by atoms with Crippen molar-refractivity contribution in [1.29, 1.82) is 0 Å². The minimum absolute atomic E-state index is 0.121. The van der Waals surface area contributed by atoms with Gasteiger partial charge < -0.3 is 15.0 Å². The van der Waals surface area contributed by atoms with E-state index < -0.39 is 0 Å². The summed E-state index contributed by atoms with van der Waals surface area (Å²) in [6.45, 7) is 4.29. The number of nitrogens with zero attached hydrogens (tertiary/aromatic N) is 1. The predicted octanol–water partition coefficient (Wildman–Crippen LogP) is 1.95. The van der Waals surface area contributed by atoms with Gasteiger partial charge in [-0.1, -0.05) is 0 Å². The average molecular weight is 284 g/mol. The third-order valence-corrected chi connectivity index (χ3v) is 5.68. The second-order valence-electron chi connectivity index (χ2n) is 6.22. The van der Waals surface area contributed by atoms with Gasteiger partial charge in [-0.3, -0.25) is 0 Å². The predicted molar refractivity (Wildman–Crippen MR) is 77.5 cm³/mol. The van der Waals surface area contributed by atoms with Crippen LogP contribution < -0.4 is 5.32 Å². The van der Waals surface area contributed by atoms with E-state index in [1.54, 1.807) is 0 Å². The number of carbonyl (C=O) groups excluding carboxylic acids is 1. The summed E-state index contributed by atoms with van der Waals surface area (Å²) in [5.41, 5.74) is 0.276. The Bertz CT molecular complexity index is 327. The van der Waals surface area contributed by atoms with Crippen LogP contribution in [0.15, 0.2) is 0 Å². The number of thioether (sulfide) groups is 1. The molecule has 3 rings (SSSR count). The van der Waals surface area contributed by atoms with Crippen LogP contribution in [-0.2, 0) is 4.74 Å². The first-order valence-electron chi connectivity index (χ1n) is 7.46. The molecule has 0 aromatic carbocycles. The molecule has 4 nitrogen and oxygen atoms in total. The molecule has 1 spiro atoms. The summed E-state index contributed by atoms with van der Waals surface area (Å²) in [5, 5.41) is 3.05. The molecule has 1 saturated carbocycles. The third-order valence-electron chi connectivity index (χ3n) is 4.48. The maximum absolute atomic E-state index is 12.1. The fourth-order valence-corrected chi connectivity index (χ4v) is 4.04. The Kier molecular flexibility index (Phi) is 4.22. The zero-order valence-corrected chi connectivity index (χ0v) is 12.3. The molecular weight excluding hydrogens is 260 g/mol. The minimum atomic E-state index is 0.121. The van der Waals surface area contributed by atoms with Gasteiger partial charge in [0.25, 0.3) is 0 Å². The molecule has 2 heterocycles. The SMILES string of the molecule is O=C(NCCSCC1CC1)N1CC[C@@]2(CCOC2)C1. The molecule has 0 aromatic heterocycles. The molecule has 2 aliphatic heterocycles. The van der Waals surface area contributed by atoms with Crippen LogP contribution in [0.4, 0.5) is 4.79 Å². The Morgan fingerprint density at radius 3 is 3.05 bits per heavy atom. The standard InChI is InChI=1S/C14H24N2O2S/c17-13(15-5-8-19-9-12-1-2-12)16-6-3-14(10-16)4-7-18-11-14/h12H,1-11H2,(H,15,17)/t14-/m1/s1. The van der Waals surface area contributed by atoms with Crippen molar-refractivity contribution in [2.75, 3.05) is 44.4 Å². The van der Waals surface area contributed by atoms with Gasteiger partial charge in [0.2, 0.25) is 0 Å². The number of nitrogens with one attached hydrogen (secondary N) is 1. The molecule has 19 heavy (non-hydrogen) atoms. The molecule has 1 N–H and O–H groups in total. The summed E-state index contributed by atoms with van der Waals surface area (Å²) in [4.78, 5) is 14.0. The number of likely N-dealkylation sites (tertiary alicyclic amines) is 1. The second kappa shape index (κ2) is 5.92. The number of hydrogen-bond donors (Lipinski definition) is 1. The third kappa shape index (κ3) is 3.57. The highest BCUT2D eigenvalue weighted by Crippen LogP contribution is 2.38. The Morgan fingerprint density at radius 1 is 1.42 bits per heavy atom. The summed E-state index contributed by atoms with van der Waals surface area (Å²) in [7, 11) is 0. The number of ether oxygens (including phenoxy) is 1. The Morgan fingerprint density at radius 2 is 2.32 bits per heavy atom. The van der Waals surface area contributed by atoms with Gasteiger partial charge in [-0.05, 0) is 37.4 Å². The molecule has 3 aliphatic rings. The van der Waals surface area contributed by atoms with Crippen LogP contribution in [0.25, 0.3) is 0 Å². The molecule has 2 amide bonds. The lowest BCUT2D eigenvalue weighted by atomic mass is 9.87. The van der Waals surface area contributed by atoms with E-state index in [0.29, 0.717) is 0 Å². The molecular formula is C14H24N2O2S. The molecule has 2 saturated heterocycles. The van der Waals surface area contributed by atoms with Crippen molar-refractivity contribution in [1.82, 2.24) is 10.2 Å². The summed E-state index contributed by atoms with van der Waals surface area (Å²) in [6.07, 6.45) is 5.06. The molecule has 1 atom stereocenters. The van der Waals surface area contributed by atoms with Crippen LogP contribution in [0.2, 0.25) is 0 Å². The number of rotatable bonds is 5. The van der Waals surface area contributed by atoms with Crippen LogP contribution in [-0.4, -0.2) is 55.3 Å². The van der Waals surface area contributed by atoms with E-state index in [1.165, 1.54) is 18.6 Å². The first-order valence-corrected chi connectivity index (χ1v) is 8.61. The second-order valence-corrected chi connectivity index (χ2v) is 7.37. The lowest BCUT2D eigenvalue weighted by Crippen LogP contribution is -2.40. The number of urea groups is 1. The van der Waals surface area contributed by atoms with Crippen LogP contribution in [0.1, 0.15) is 25.7 Å². The Hall–Kier alpha value is -0.420. The van der Waals surface area contributed by atoms with Gasteiger partial charge in [-0.25, -0.2) is 4.79 Å². The van der Waals surface area contributed by atoms with Gasteiger partial charge >= 0.3 is 6.03 Å². The molecule has 108 valence electrons. The van der Waals surface area contributed by atoms with E-state index in [1.807, 2.05) is 16.7 Å². The van der Waals surface area contributed by atoms with Gasteiger partial charge in [-0.15, -0.1) is 0 Å².